The number of ether oxygens (including phenoxy) is 4. The molecule has 0 radical (unpaired) electrons. The van der Waals surface area contributed by atoms with Crippen molar-refractivity contribution in [2.45, 2.75) is 160 Å². The van der Waals surface area contributed by atoms with E-state index in [-0.39, 0.29) is 19.4 Å². The van der Waals surface area contributed by atoms with Crippen molar-refractivity contribution in [2.75, 3.05) is 19.0 Å². The maximum Gasteiger partial charge on any atom is 0.306 e. The van der Waals surface area contributed by atoms with Crippen molar-refractivity contribution < 1.29 is 56.8 Å². The second-order valence-corrected chi connectivity index (χ2v) is 16.5. The first kappa shape index (κ1) is 57.1. The van der Waals surface area contributed by atoms with Crippen molar-refractivity contribution in [1.29, 1.82) is 0 Å². The van der Waals surface area contributed by atoms with Crippen LogP contribution in [-0.4, -0.2) is 96.0 Å². The molecule has 1 fully saturated rings. The number of aliphatic hydroxyl groups is 3. The molecule has 4 N–H and O–H groups in total. The molecule has 0 aromatic heterocycles. The van der Waals surface area contributed by atoms with Gasteiger partial charge in [0, 0.05) is 12.8 Å². The summed E-state index contributed by atoms with van der Waals surface area (Å²) in [5.74, 6) is -2.10. The molecule has 1 saturated heterocycles. The monoisotopic (exact) mass is 901 g/mol. The fourth-order valence-corrected chi connectivity index (χ4v) is 6.61. The molecule has 1 aliphatic heterocycles. The van der Waals surface area contributed by atoms with E-state index >= 15 is 0 Å². The summed E-state index contributed by atoms with van der Waals surface area (Å²) >= 11 is 0. The van der Waals surface area contributed by atoms with Gasteiger partial charge in [-0.25, -0.2) is 0 Å². The quantitative estimate of drug-likeness (QED) is 0.0156. The van der Waals surface area contributed by atoms with Crippen LogP contribution in [0.2, 0.25) is 0 Å². The molecule has 0 aliphatic carbocycles. The average Bonchev–Trinajstić information content (AvgIpc) is 3.25. The highest BCUT2D eigenvalue weighted by atomic mass is 32.2. The Balaban J connectivity index is 2.48. The summed E-state index contributed by atoms with van der Waals surface area (Å²) < 4.78 is 54.0. The summed E-state index contributed by atoms with van der Waals surface area (Å²) in [6.45, 7) is 3.41. The molecule has 354 valence electrons. The van der Waals surface area contributed by atoms with Crippen molar-refractivity contribution in [1.82, 2.24) is 0 Å². The van der Waals surface area contributed by atoms with Crippen LogP contribution in [0.15, 0.2) is 122 Å². The number of allylic oxidation sites excluding steroid dienone is 20. The van der Waals surface area contributed by atoms with E-state index in [2.05, 4.69) is 98.9 Å². The van der Waals surface area contributed by atoms with Crippen LogP contribution in [0.4, 0.5) is 0 Å². The van der Waals surface area contributed by atoms with Crippen molar-refractivity contribution in [3.63, 3.8) is 0 Å². The minimum Gasteiger partial charge on any atom is -0.462 e. The third kappa shape index (κ3) is 33.3. The van der Waals surface area contributed by atoms with Gasteiger partial charge in [-0.1, -0.05) is 148 Å². The van der Waals surface area contributed by atoms with Crippen LogP contribution in [0.3, 0.4) is 0 Å². The zero-order valence-corrected chi connectivity index (χ0v) is 38.4. The number of aliphatic hydroxyl groups excluding tert-OH is 3. The van der Waals surface area contributed by atoms with Crippen LogP contribution in [0.1, 0.15) is 123 Å². The summed E-state index contributed by atoms with van der Waals surface area (Å²) in [6, 6.07) is 0. The van der Waals surface area contributed by atoms with Gasteiger partial charge in [0.2, 0.25) is 0 Å². The number of rotatable bonds is 35. The summed E-state index contributed by atoms with van der Waals surface area (Å²) in [5, 5.41) is 30.9. The van der Waals surface area contributed by atoms with E-state index in [0.717, 1.165) is 83.5 Å². The van der Waals surface area contributed by atoms with E-state index in [9.17, 15) is 37.9 Å². The minimum atomic E-state index is -4.62. The van der Waals surface area contributed by atoms with E-state index < -0.39 is 71.2 Å². The van der Waals surface area contributed by atoms with Crippen LogP contribution in [0.25, 0.3) is 0 Å². The highest BCUT2D eigenvalue weighted by Crippen LogP contribution is 2.24. The lowest BCUT2D eigenvalue weighted by Crippen LogP contribution is -2.60. The van der Waals surface area contributed by atoms with Crippen LogP contribution in [0.5, 0.6) is 0 Å². The third-order valence-electron chi connectivity index (χ3n) is 9.38. The average molecular weight is 901 g/mol. The smallest absolute Gasteiger partial charge is 0.306 e. The lowest BCUT2D eigenvalue weighted by Gasteiger charge is -2.40. The Bertz CT molecular complexity index is 1620. The molecule has 0 spiro atoms. The van der Waals surface area contributed by atoms with E-state index in [1.807, 2.05) is 36.5 Å². The Morgan fingerprint density at radius 3 is 1.57 bits per heavy atom. The lowest BCUT2D eigenvalue weighted by atomic mass is 10.00. The zero-order valence-electron chi connectivity index (χ0n) is 37.6. The van der Waals surface area contributed by atoms with Gasteiger partial charge in [-0.2, -0.15) is 8.42 Å². The summed E-state index contributed by atoms with van der Waals surface area (Å²) in [4.78, 5) is 25.4. The van der Waals surface area contributed by atoms with Crippen LogP contribution in [-0.2, 0) is 38.7 Å². The first-order valence-electron chi connectivity index (χ1n) is 22.6. The lowest BCUT2D eigenvalue weighted by molar-refractivity contribution is -0.297. The molecule has 0 aromatic carbocycles. The zero-order chi connectivity index (χ0) is 46.2. The second kappa shape index (κ2) is 38.5. The topological polar surface area (TPSA) is 186 Å². The molecular weight excluding hydrogens is 825 g/mol. The maximum atomic E-state index is 12.8. The van der Waals surface area contributed by atoms with Crippen LogP contribution < -0.4 is 0 Å². The van der Waals surface area contributed by atoms with Gasteiger partial charge in [0.1, 0.15) is 36.8 Å². The molecule has 0 aromatic rings. The fraction of sp³-hybridized carbons (Fsp3) is 0.560. The Labute approximate surface area is 378 Å². The van der Waals surface area contributed by atoms with E-state index in [1.165, 1.54) is 0 Å². The molecule has 0 amide bonds. The first-order chi connectivity index (χ1) is 30.5. The van der Waals surface area contributed by atoms with Gasteiger partial charge in [-0.15, -0.1) is 0 Å². The summed E-state index contributed by atoms with van der Waals surface area (Å²) in [7, 11) is -4.62. The van der Waals surface area contributed by atoms with Crippen molar-refractivity contribution in [2.24, 2.45) is 0 Å². The summed E-state index contributed by atoms with van der Waals surface area (Å²) in [6.07, 6.45) is 45.3. The van der Waals surface area contributed by atoms with Gasteiger partial charge in [0.15, 0.2) is 12.4 Å². The van der Waals surface area contributed by atoms with Crippen molar-refractivity contribution in [3.05, 3.63) is 122 Å². The molecule has 0 bridgehead atoms. The largest absolute Gasteiger partial charge is 0.462 e. The molecule has 3 unspecified atom stereocenters. The van der Waals surface area contributed by atoms with Crippen molar-refractivity contribution >= 4 is 22.1 Å². The number of esters is 2. The van der Waals surface area contributed by atoms with Crippen LogP contribution >= 0.6 is 0 Å². The Morgan fingerprint density at radius 1 is 0.556 bits per heavy atom. The Hall–Kier alpha value is -3.95. The predicted octanol–water partition coefficient (Wildman–Crippen LogP) is 9.39. The van der Waals surface area contributed by atoms with Gasteiger partial charge in [-0.3, -0.25) is 14.1 Å². The molecule has 63 heavy (non-hydrogen) atoms. The molecule has 6 atom stereocenters. The van der Waals surface area contributed by atoms with Crippen molar-refractivity contribution in [3.8, 4) is 0 Å². The second-order valence-electron chi connectivity index (χ2n) is 15.0. The Kier molecular flexibility index (Phi) is 34.9. The Morgan fingerprint density at radius 2 is 1.03 bits per heavy atom. The van der Waals surface area contributed by atoms with Crippen LogP contribution in [0, 0.1) is 0 Å². The highest BCUT2D eigenvalue weighted by Gasteiger charge is 2.46. The van der Waals surface area contributed by atoms with Gasteiger partial charge in [0.05, 0.1) is 6.61 Å². The predicted molar refractivity (Wildman–Crippen MR) is 251 cm³/mol. The van der Waals surface area contributed by atoms with Gasteiger partial charge in [-0.05, 0) is 83.5 Å². The van der Waals surface area contributed by atoms with E-state index in [4.69, 9.17) is 18.9 Å². The van der Waals surface area contributed by atoms with E-state index in [1.54, 1.807) is 0 Å². The number of hydrogen-bond acceptors (Lipinski definition) is 11. The van der Waals surface area contributed by atoms with E-state index in [0.29, 0.717) is 12.8 Å². The molecule has 12 nitrogen and oxygen atoms in total. The number of hydrogen-bond donors (Lipinski definition) is 4. The molecule has 1 rings (SSSR count). The molecule has 13 heteroatoms. The highest BCUT2D eigenvalue weighted by molar-refractivity contribution is 7.85. The fourth-order valence-electron chi connectivity index (χ4n) is 5.92. The molecule has 0 saturated carbocycles. The normalized spacial score (nSPS) is 20.9. The third-order valence-corrected chi connectivity index (χ3v) is 10.1. The molecular formula is C50H76O12S. The summed E-state index contributed by atoms with van der Waals surface area (Å²) in [5.41, 5.74) is 0. The minimum absolute atomic E-state index is 0.102. The number of unbranched alkanes of at least 4 members (excludes halogenated alkanes) is 6. The SMILES string of the molecule is CC/C=C/C=C/C=C/C=C/CCCCCC(=O)OC(COC(=O)CCCCC/C=C/C/C=C/C/C=C/C/C=C/C/C=C/C/C=C/CC)CO[C@H]1O[C@H](CS(=O)(=O)O)[C@@H](O)C(O)C1O. The first-order valence-corrected chi connectivity index (χ1v) is 24.3. The maximum absolute atomic E-state index is 12.8. The molecule has 1 aliphatic rings. The number of carbonyl (C=O) groups is 2. The van der Waals surface area contributed by atoms with Gasteiger partial charge < -0.3 is 34.3 Å². The standard InChI is InChI=1S/C50H76O12S/c1-3-5-7-9-11-13-15-17-18-19-20-21-22-23-24-25-27-28-30-32-34-36-38-45(51)59-40-43(41-60-50-49(55)48(54)47(53)44(62-50)42-63(56,57)58)61-46(52)39-37-35-33-31-29-26-16-14-12-10-8-6-4-2/h5-8,10-14,16-18,20-21,23-24,26-29,43-44,47-50,53-55H,3-4,9,15,19,22,25,30-42H2,1-2H3,(H,56,57,58)/b7-5+,8-6+,12-10+,13-11+,16-14+,18-17+,21-20+,24-23+,28-27+,29-26+/t43?,44-,47-,48?,49?,50+/m1/s1. The van der Waals surface area contributed by atoms with Gasteiger partial charge >= 0.3 is 11.9 Å². The van der Waals surface area contributed by atoms with Gasteiger partial charge in [0.25, 0.3) is 10.1 Å². The molecule has 1 heterocycles. The number of carbonyl (C=O) groups excluding carboxylic acids is 2.